The van der Waals surface area contributed by atoms with E-state index in [2.05, 4.69) is 38.4 Å². The van der Waals surface area contributed by atoms with Gasteiger partial charge < -0.3 is 10.1 Å². The van der Waals surface area contributed by atoms with E-state index in [-0.39, 0.29) is 6.04 Å². The number of fused-ring (bicyclic) bond motifs is 1. The van der Waals surface area contributed by atoms with E-state index in [1.54, 1.807) is 11.8 Å². The summed E-state index contributed by atoms with van der Waals surface area (Å²) in [5.74, 6) is 0.976. The van der Waals surface area contributed by atoms with Crippen molar-refractivity contribution in [3.63, 3.8) is 0 Å². The lowest BCUT2D eigenvalue weighted by atomic mass is 10.0. The van der Waals surface area contributed by atoms with E-state index < -0.39 is 0 Å². The monoisotopic (exact) mass is 350 g/mol. The first-order valence-electron chi connectivity index (χ1n) is 6.46. The molecular weight excluding hydrogens is 336 g/mol. The first-order chi connectivity index (χ1) is 9.79. The molecule has 0 saturated heterocycles. The van der Waals surface area contributed by atoms with Gasteiger partial charge in [-0.05, 0) is 41.2 Å². The third-order valence-corrected chi connectivity index (χ3v) is 5.49. The van der Waals surface area contributed by atoms with E-state index in [4.69, 9.17) is 4.74 Å². The average molecular weight is 351 g/mol. The summed E-state index contributed by atoms with van der Waals surface area (Å²) in [6, 6.07) is 12.4. The Kier molecular flexibility index (Phi) is 4.29. The second kappa shape index (κ2) is 6.16. The van der Waals surface area contributed by atoms with Crippen LogP contribution in [0.15, 0.2) is 52.1 Å². The molecule has 0 aliphatic carbocycles. The van der Waals surface area contributed by atoms with Gasteiger partial charge in [0.15, 0.2) is 0 Å². The highest BCUT2D eigenvalue weighted by atomic mass is 79.9. The van der Waals surface area contributed by atoms with Gasteiger partial charge in [0, 0.05) is 16.2 Å². The molecule has 2 unspecified atom stereocenters. The van der Waals surface area contributed by atoms with Crippen LogP contribution in [0.25, 0.3) is 0 Å². The Balaban J connectivity index is 1.87. The third kappa shape index (κ3) is 2.71. The molecule has 2 heterocycles. The van der Waals surface area contributed by atoms with Gasteiger partial charge in [-0.25, -0.2) is 4.98 Å². The van der Waals surface area contributed by atoms with Crippen LogP contribution in [-0.2, 0) is 0 Å². The minimum absolute atomic E-state index is 0.263. The Labute approximate surface area is 131 Å². The highest BCUT2D eigenvalue weighted by molar-refractivity contribution is 9.10. The van der Waals surface area contributed by atoms with Crippen molar-refractivity contribution in [1.82, 2.24) is 10.3 Å². The maximum atomic E-state index is 5.88. The van der Waals surface area contributed by atoms with Crippen molar-refractivity contribution >= 4 is 27.7 Å². The molecule has 1 aliphatic rings. The highest BCUT2D eigenvalue weighted by Gasteiger charge is 2.31. The van der Waals surface area contributed by atoms with Crippen molar-refractivity contribution in [3.05, 3.63) is 52.6 Å². The van der Waals surface area contributed by atoms with Gasteiger partial charge in [0.05, 0.1) is 11.3 Å². The highest BCUT2D eigenvalue weighted by Crippen LogP contribution is 2.40. The van der Waals surface area contributed by atoms with Crippen LogP contribution >= 0.6 is 27.7 Å². The van der Waals surface area contributed by atoms with Crippen molar-refractivity contribution in [3.8, 4) is 5.75 Å². The second-order valence-corrected chi connectivity index (χ2v) is 6.64. The summed E-state index contributed by atoms with van der Waals surface area (Å²) in [6.45, 7) is 0.677. The first-order valence-corrected chi connectivity index (χ1v) is 8.13. The molecular formula is C15H15BrN2OS. The van der Waals surface area contributed by atoms with Crippen molar-refractivity contribution < 1.29 is 4.74 Å². The van der Waals surface area contributed by atoms with Gasteiger partial charge in [0.2, 0.25) is 0 Å². The molecule has 20 heavy (non-hydrogen) atoms. The molecule has 0 radical (unpaired) electrons. The largest absolute Gasteiger partial charge is 0.492 e. The molecule has 0 saturated carbocycles. The maximum Gasteiger partial charge on any atom is 0.124 e. The number of pyridine rings is 1. The number of hydrogen-bond acceptors (Lipinski definition) is 4. The summed E-state index contributed by atoms with van der Waals surface area (Å²) >= 11 is 5.29. The molecule has 0 bridgehead atoms. The second-order valence-electron chi connectivity index (χ2n) is 4.56. The number of ether oxygens (including phenoxy) is 1. The summed E-state index contributed by atoms with van der Waals surface area (Å²) in [4.78, 5) is 4.43. The van der Waals surface area contributed by atoms with Crippen molar-refractivity contribution in [2.45, 2.75) is 16.3 Å². The molecule has 0 spiro atoms. The number of para-hydroxylation sites is 1. The molecule has 2 atom stereocenters. The summed E-state index contributed by atoms with van der Waals surface area (Å²) in [5.41, 5.74) is 1.21. The van der Waals surface area contributed by atoms with Crippen LogP contribution in [0.3, 0.4) is 0 Å². The Morgan fingerprint density at radius 2 is 2.15 bits per heavy atom. The third-order valence-electron chi connectivity index (χ3n) is 3.33. The number of nitrogens with one attached hydrogen (secondary N) is 1. The van der Waals surface area contributed by atoms with Gasteiger partial charge in [-0.3, -0.25) is 0 Å². The van der Waals surface area contributed by atoms with Gasteiger partial charge in [-0.2, -0.15) is 0 Å². The fourth-order valence-corrected chi connectivity index (χ4v) is 4.06. The van der Waals surface area contributed by atoms with Crippen LogP contribution in [0.5, 0.6) is 5.75 Å². The first kappa shape index (κ1) is 13.9. The Morgan fingerprint density at radius 3 is 2.95 bits per heavy atom. The van der Waals surface area contributed by atoms with Crippen LogP contribution in [0.1, 0.15) is 11.6 Å². The number of rotatable bonds is 3. The SMILES string of the molecule is CNC1c2ccccc2OCC1Sc1ncccc1Br. The standard InChI is InChI=1S/C15H15BrN2OS/c1-17-14-10-5-2-3-7-12(10)19-9-13(14)20-15-11(16)6-4-8-18-15/h2-8,13-14,17H,9H2,1H3. The van der Waals surface area contributed by atoms with Crippen LogP contribution in [0.4, 0.5) is 0 Å². The van der Waals surface area contributed by atoms with Gasteiger partial charge in [0.25, 0.3) is 0 Å². The van der Waals surface area contributed by atoms with E-state index >= 15 is 0 Å². The summed E-state index contributed by atoms with van der Waals surface area (Å²) in [7, 11) is 1.99. The number of nitrogens with zero attached hydrogens (tertiary/aromatic N) is 1. The zero-order valence-electron chi connectivity index (χ0n) is 11.0. The Bertz CT molecular complexity index is 608. The fourth-order valence-electron chi connectivity index (χ4n) is 2.38. The Hall–Kier alpha value is -1.04. The minimum Gasteiger partial charge on any atom is -0.492 e. The van der Waals surface area contributed by atoms with Crippen molar-refractivity contribution in [1.29, 1.82) is 0 Å². The molecule has 1 N–H and O–H groups in total. The molecule has 5 heteroatoms. The predicted octanol–water partition coefficient (Wildman–Crippen LogP) is 3.66. The van der Waals surface area contributed by atoms with Crippen molar-refractivity contribution in [2.75, 3.05) is 13.7 Å². The number of benzene rings is 1. The number of thioether (sulfide) groups is 1. The van der Waals surface area contributed by atoms with Crippen molar-refractivity contribution in [2.24, 2.45) is 0 Å². The molecule has 3 nitrogen and oxygen atoms in total. The van der Waals surface area contributed by atoms with Gasteiger partial charge in [0.1, 0.15) is 17.4 Å². The van der Waals surface area contributed by atoms with Gasteiger partial charge in [-0.15, -0.1) is 0 Å². The summed E-state index contributed by atoms with van der Waals surface area (Å²) in [6.07, 6.45) is 1.82. The quantitative estimate of drug-likeness (QED) is 0.915. The molecule has 3 rings (SSSR count). The predicted molar refractivity (Wildman–Crippen MR) is 85.3 cm³/mol. The van der Waals surface area contributed by atoms with Crippen LogP contribution in [0, 0.1) is 0 Å². The van der Waals surface area contributed by atoms with E-state index in [1.165, 1.54) is 5.56 Å². The Morgan fingerprint density at radius 1 is 1.30 bits per heavy atom. The fraction of sp³-hybridized carbons (Fsp3) is 0.267. The summed E-state index contributed by atoms with van der Waals surface area (Å²) < 4.78 is 6.90. The molecule has 104 valence electrons. The van der Waals surface area contributed by atoms with Crippen LogP contribution in [0.2, 0.25) is 0 Å². The zero-order valence-corrected chi connectivity index (χ0v) is 13.4. The van der Waals surface area contributed by atoms with Gasteiger partial charge in [-0.1, -0.05) is 30.0 Å². The zero-order chi connectivity index (χ0) is 13.9. The lowest BCUT2D eigenvalue weighted by Crippen LogP contribution is -2.35. The lowest BCUT2D eigenvalue weighted by molar-refractivity contribution is 0.265. The number of hydrogen-bond donors (Lipinski definition) is 1. The van der Waals surface area contributed by atoms with Gasteiger partial charge >= 0.3 is 0 Å². The van der Waals surface area contributed by atoms with E-state index in [0.717, 1.165) is 15.2 Å². The van der Waals surface area contributed by atoms with Crippen LogP contribution < -0.4 is 10.1 Å². The number of halogens is 1. The van der Waals surface area contributed by atoms with E-state index in [0.29, 0.717) is 11.9 Å². The topological polar surface area (TPSA) is 34.1 Å². The van der Waals surface area contributed by atoms with E-state index in [9.17, 15) is 0 Å². The van der Waals surface area contributed by atoms with Crippen LogP contribution in [-0.4, -0.2) is 23.9 Å². The molecule has 0 fully saturated rings. The smallest absolute Gasteiger partial charge is 0.124 e. The number of aromatic nitrogens is 1. The minimum atomic E-state index is 0.263. The molecule has 1 aromatic carbocycles. The van der Waals surface area contributed by atoms with E-state index in [1.807, 2.05) is 37.5 Å². The molecule has 2 aromatic rings. The average Bonchev–Trinajstić information content (AvgIpc) is 2.49. The summed E-state index contributed by atoms with van der Waals surface area (Å²) in [5, 5.41) is 4.70. The normalized spacial score (nSPS) is 21.1. The lowest BCUT2D eigenvalue weighted by Gasteiger charge is -2.32. The molecule has 1 aliphatic heterocycles. The molecule has 1 aromatic heterocycles. The maximum absolute atomic E-state index is 5.88. The molecule has 0 amide bonds.